The maximum Gasteiger partial charge on any atom is 0.446 e. The van der Waals surface area contributed by atoms with Gasteiger partial charge in [0, 0.05) is 29.7 Å². The third-order valence-corrected chi connectivity index (χ3v) is 3.45. The fourth-order valence-electron chi connectivity index (χ4n) is 1.78. The Morgan fingerprint density at radius 3 is 2.56 bits per heavy atom. The van der Waals surface area contributed by atoms with E-state index in [1.165, 1.54) is 12.1 Å². The van der Waals surface area contributed by atoms with E-state index in [4.69, 9.17) is 4.74 Å². The van der Waals surface area contributed by atoms with Crippen molar-refractivity contribution in [3.63, 3.8) is 0 Å². The first-order chi connectivity index (χ1) is 8.53. The van der Waals surface area contributed by atoms with Crippen LogP contribution in [0.3, 0.4) is 0 Å². The second-order valence-corrected chi connectivity index (χ2v) is 5.32. The lowest BCUT2D eigenvalue weighted by Crippen LogP contribution is -2.13. The first kappa shape index (κ1) is 13.5. The van der Waals surface area contributed by atoms with Crippen LogP contribution in [0, 0.1) is 5.92 Å². The summed E-state index contributed by atoms with van der Waals surface area (Å²) in [5, 5.41) is 3.21. The van der Waals surface area contributed by atoms with Gasteiger partial charge in [0.2, 0.25) is 0 Å². The average Bonchev–Trinajstić information content (AvgIpc) is 2.79. The van der Waals surface area contributed by atoms with Crippen LogP contribution in [0.5, 0.6) is 0 Å². The number of rotatable bonds is 4. The lowest BCUT2D eigenvalue weighted by molar-refractivity contribution is -0.0328. The van der Waals surface area contributed by atoms with Crippen molar-refractivity contribution in [3.8, 4) is 0 Å². The largest absolute Gasteiger partial charge is 0.446 e. The Kier molecular flexibility index (Phi) is 4.40. The van der Waals surface area contributed by atoms with Crippen LogP contribution in [-0.4, -0.2) is 25.3 Å². The third kappa shape index (κ3) is 4.42. The minimum absolute atomic E-state index is 0.0949. The highest BCUT2D eigenvalue weighted by Gasteiger charge is 2.29. The van der Waals surface area contributed by atoms with E-state index in [1.54, 1.807) is 12.1 Å². The second-order valence-electron chi connectivity index (χ2n) is 4.18. The smallest absolute Gasteiger partial charge is 0.385 e. The van der Waals surface area contributed by atoms with Gasteiger partial charge in [0.1, 0.15) is 0 Å². The van der Waals surface area contributed by atoms with Gasteiger partial charge >= 0.3 is 5.51 Å². The van der Waals surface area contributed by atoms with Gasteiger partial charge in [-0.25, -0.2) is 0 Å². The number of benzene rings is 1. The molecule has 1 aliphatic rings. The molecule has 1 aliphatic heterocycles. The van der Waals surface area contributed by atoms with Gasteiger partial charge in [-0.3, -0.25) is 0 Å². The van der Waals surface area contributed by atoms with Crippen molar-refractivity contribution in [2.75, 3.05) is 25.1 Å². The standard InChI is InChI=1S/C12H14F3NOS/c13-12(14,15)18-11-3-1-10(2-4-11)16-7-9-5-6-17-8-9/h1-4,9,16H,5-8H2. The van der Waals surface area contributed by atoms with Crippen LogP contribution in [-0.2, 0) is 4.74 Å². The molecule has 6 heteroatoms. The molecule has 18 heavy (non-hydrogen) atoms. The van der Waals surface area contributed by atoms with Gasteiger partial charge in [0.25, 0.3) is 0 Å². The van der Waals surface area contributed by atoms with Crippen LogP contribution < -0.4 is 5.32 Å². The van der Waals surface area contributed by atoms with E-state index in [9.17, 15) is 13.2 Å². The van der Waals surface area contributed by atoms with Crippen LogP contribution in [0.15, 0.2) is 29.2 Å². The van der Waals surface area contributed by atoms with Crippen molar-refractivity contribution in [1.82, 2.24) is 0 Å². The van der Waals surface area contributed by atoms with Crippen LogP contribution in [0.2, 0.25) is 0 Å². The molecule has 1 N–H and O–H groups in total. The summed E-state index contributed by atoms with van der Waals surface area (Å²) in [5.74, 6) is 0.495. The molecule has 1 heterocycles. The van der Waals surface area contributed by atoms with Gasteiger partial charge in [-0.05, 0) is 42.4 Å². The van der Waals surface area contributed by atoms with Crippen LogP contribution in [0.25, 0.3) is 0 Å². The molecule has 0 saturated carbocycles. The molecule has 0 aromatic heterocycles. The van der Waals surface area contributed by atoms with E-state index in [0.29, 0.717) is 5.92 Å². The van der Waals surface area contributed by atoms with Crippen LogP contribution >= 0.6 is 11.8 Å². The molecule has 1 atom stereocenters. The van der Waals surface area contributed by atoms with Crippen molar-refractivity contribution in [3.05, 3.63) is 24.3 Å². The molecule has 0 amide bonds. The molecule has 2 nitrogen and oxygen atoms in total. The molecule has 1 saturated heterocycles. The number of nitrogens with one attached hydrogen (secondary N) is 1. The number of ether oxygens (including phenoxy) is 1. The van der Waals surface area contributed by atoms with Gasteiger partial charge in [-0.1, -0.05) is 0 Å². The van der Waals surface area contributed by atoms with E-state index < -0.39 is 5.51 Å². The summed E-state index contributed by atoms with van der Waals surface area (Å²) >= 11 is -0.0949. The summed E-state index contributed by atoms with van der Waals surface area (Å²) in [6, 6.07) is 6.30. The Morgan fingerprint density at radius 1 is 1.28 bits per heavy atom. The monoisotopic (exact) mass is 277 g/mol. The lowest BCUT2D eigenvalue weighted by Gasteiger charge is -2.11. The number of hydrogen-bond donors (Lipinski definition) is 1. The minimum atomic E-state index is -4.23. The fourth-order valence-corrected chi connectivity index (χ4v) is 2.32. The summed E-state index contributed by atoms with van der Waals surface area (Å²) < 4.78 is 41.6. The zero-order chi connectivity index (χ0) is 13.0. The van der Waals surface area contributed by atoms with Crippen molar-refractivity contribution >= 4 is 17.4 Å². The van der Waals surface area contributed by atoms with Crippen molar-refractivity contribution in [2.24, 2.45) is 5.92 Å². The zero-order valence-electron chi connectivity index (χ0n) is 9.67. The Labute approximate surface area is 108 Å². The van der Waals surface area contributed by atoms with E-state index in [-0.39, 0.29) is 16.7 Å². The first-order valence-corrected chi connectivity index (χ1v) is 6.52. The van der Waals surface area contributed by atoms with Crippen molar-refractivity contribution < 1.29 is 17.9 Å². The number of thioether (sulfide) groups is 1. The Hall–Kier alpha value is -0.880. The molecule has 0 radical (unpaired) electrons. The fraction of sp³-hybridized carbons (Fsp3) is 0.500. The second kappa shape index (κ2) is 5.84. The predicted octanol–water partition coefficient (Wildman–Crippen LogP) is 3.75. The molecule has 0 spiro atoms. The lowest BCUT2D eigenvalue weighted by atomic mass is 10.1. The molecule has 1 aromatic rings. The summed E-state index contributed by atoms with van der Waals surface area (Å²) in [5.41, 5.74) is -3.38. The SMILES string of the molecule is FC(F)(F)Sc1ccc(NCC2CCOC2)cc1. The maximum atomic E-state index is 12.1. The van der Waals surface area contributed by atoms with Gasteiger partial charge in [-0.15, -0.1) is 0 Å². The predicted molar refractivity (Wildman–Crippen MR) is 65.8 cm³/mol. The molecular formula is C12H14F3NOS. The maximum absolute atomic E-state index is 12.1. The molecule has 0 aliphatic carbocycles. The highest BCUT2D eigenvalue weighted by atomic mass is 32.2. The minimum Gasteiger partial charge on any atom is -0.385 e. The van der Waals surface area contributed by atoms with Crippen LogP contribution in [0.1, 0.15) is 6.42 Å². The van der Waals surface area contributed by atoms with Gasteiger partial charge in [-0.2, -0.15) is 13.2 Å². The van der Waals surface area contributed by atoms with Crippen LogP contribution in [0.4, 0.5) is 18.9 Å². The van der Waals surface area contributed by atoms with Gasteiger partial charge in [0.05, 0.1) is 6.61 Å². The molecule has 2 rings (SSSR count). The van der Waals surface area contributed by atoms with Gasteiger partial charge in [0.15, 0.2) is 0 Å². The Balaban J connectivity index is 1.83. The summed E-state index contributed by atoms with van der Waals surface area (Å²) in [7, 11) is 0. The Bertz CT molecular complexity index is 374. The van der Waals surface area contributed by atoms with E-state index in [2.05, 4.69) is 5.32 Å². The topological polar surface area (TPSA) is 21.3 Å². The summed E-state index contributed by atoms with van der Waals surface area (Å²) in [4.78, 5) is 0.206. The molecule has 1 unspecified atom stereocenters. The average molecular weight is 277 g/mol. The molecule has 0 bridgehead atoms. The molecule has 100 valence electrons. The molecule has 1 aromatic carbocycles. The molecule has 1 fully saturated rings. The third-order valence-electron chi connectivity index (χ3n) is 2.71. The number of hydrogen-bond acceptors (Lipinski definition) is 3. The first-order valence-electron chi connectivity index (χ1n) is 5.70. The quantitative estimate of drug-likeness (QED) is 0.847. The highest BCUT2D eigenvalue weighted by molar-refractivity contribution is 8.00. The zero-order valence-corrected chi connectivity index (χ0v) is 10.5. The van der Waals surface area contributed by atoms with Crippen molar-refractivity contribution in [2.45, 2.75) is 16.8 Å². The van der Waals surface area contributed by atoms with Crippen molar-refractivity contribution in [1.29, 1.82) is 0 Å². The number of anilines is 1. The highest BCUT2D eigenvalue weighted by Crippen LogP contribution is 2.37. The Morgan fingerprint density at radius 2 is 2.00 bits per heavy atom. The van der Waals surface area contributed by atoms with E-state index >= 15 is 0 Å². The number of halogens is 3. The van der Waals surface area contributed by atoms with E-state index in [1.807, 2.05) is 0 Å². The van der Waals surface area contributed by atoms with Gasteiger partial charge < -0.3 is 10.1 Å². The normalized spacial score (nSPS) is 20.1. The van der Waals surface area contributed by atoms with E-state index in [0.717, 1.165) is 31.9 Å². The molecular weight excluding hydrogens is 263 g/mol. The summed E-state index contributed by atoms with van der Waals surface area (Å²) in [6.07, 6.45) is 1.04. The number of alkyl halides is 3. The summed E-state index contributed by atoms with van der Waals surface area (Å²) in [6.45, 7) is 2.36.